The summed E-state index contributed by atoms with van der Waals surface area (Å²) in [7, 11) is 0. The molecular formula is C13H13N7O3S2. The molecule has 25 heavy (non-hydrogen) atoms. The molecule has 0 aliphatic carbocycles. The van der Waals surface area contributed by atoms with E-state index >= 15 is 0 Å². The molecule has 0 spiro atoms. The fraction of sp³-hybridized carbons (Fsp3) is 0.308. The lowest BCUT2D eigenvalue weighted by molar-refractivity contribution is -0.147. The molecule has 4 rings (SSSR count). The number of nitrogens with one attached hydrogen (secondary N) is 3. The molecule has 10 nitrogen and oxygen atoms in total. The van der Waals surface area contributed by atoms with Crippen molar-refractivity contribution >= 4 is 41.3 Å². The third-order valence-electron chi connectivity index (χ3n) is 3.83. The third kappa shape index (κ3) is 2.87. The lowest BCUT2D eigenvalue weighted by Crippen LogP contribution is -2.67. The first kappa shape index (κ1) is 16.0. The van der Waals surface area contributed by atoms with Crippen molar-refractivity contribution in [2.24, 2.45) is 0 Å². The monoisotopic (exact) mass is 379 g/mol. The number of aromatic amines is 2. The molecule has 0 aromatic carbocycles. The van der Waals surface area contributed by atoms with Gasteiger partial charge in [-0.1, -0.05) is 17.0 Å². The topological polar surface area (TPSA) is 140 Å². The number of H-pyrrole nitrogens is 2. The molecular weight excluding hydrogens is 366 g/mol. The number of carbonyl (C=O) groups is 2. The highest BCUT2D eigenvalue weighted by atomic mass is 32.2. The zero-order chi connectivity index (χ0) is 17.4. The number of nitrogens with zero attached hydrogens (tertiary/aromatic N) is 4. The van der Waals surface area contributed by atoms with Gasteiger partial charge in [-0.15, -0.1) is 16.9 Å². The van der Waals surface area contributed by atoms with E-state index in [1.54, 1.807) is 18.6 Å². The largest absolute Gasteiger partial charge is 0.477 e. The molecule has 1 fully saturated rings. The summed E-state index contributed by atoms with van der Waals surface area (Å²) in [4.78, 5) is 32.5. The number of carboxylic acid groups (broad SMARTS) is 1. The maximum atomic E-state index is 12.5. The number of amides is 1. The molecule has 0 saturated carbocycles. The number of aromatic nitrogens is 5. The van der Waals surface area contributed by atoms with E-state index in [0.717, 1.165) is 0 Å². The summed E-state index contributed by atoms with van der Waals surface area (Å²) in [6.45, 7) is 0. The molecule has 2 atom stereocenters. The predicted molar refractivity (Wildman–Crippen MR) is 90.9 cm³/mol. The fourth-order valence-electron chi connectivity index (χ4n) is 2.71. The summed E-state index contributed by atoms with van der Waals surface area (Å²) in [6.07, 6.45) is 4.88. The van der Waals surface area contributed by atoms with Crippen LogP contribution in [0.1, 0.15) is 0 Å². The zero-order valence-corrected chi connectivity index (χ0v) is 14.3. The van der Waals surface area contributed by atoms with Gasteiger partial charge >= 0.3 is 5.97 Å². The molecule has 2 aliphatic heterocycles. The number of β-lactam (4-membered cyclic amide) rings is 1. The van der Waals surface area contributed by atoms with Gasteiger partial charge in [-0.2, -0.15) is 0 Å². The van der Waals surface area contributed by atoms with Crippen LogP contribution >= 0.6 is 23.5 Å². The second-order valence-corrected chi connectivity index (χ2v) is 7.43. The van der Waals surface area contributed by atoms with Gasteiger partial charge in [0, 0.05) is 23.9 Å². The number of carboxylic acids is 1. The minimum absolute atomic E-state index is 0.0715. The third-order valence-corrected chi connectivity index (χ3v) is 6.16. The lowest BCUT2D eigenvalue weighted by Gasteiger charge is -2.49. The molecule has 130 valence electrons. The summed E-state index contributed by atoms with van der Waals surface area (Å²) >= 11 is 2.92. The number of hydrogen-bond acceptors (Lipinski definition) is 8. The highest BCUT2D eigenvalue weighted by Crippen LogP contribution is 2.42. The van der Waals surface area contributed by atoms with Crippen LogP contribution in [0.3, 0.4) is 0 Å². The highest BCUT2D eigenvalue weighted by Gasteiger charge is 2.53. The Morgan fingerprint density at radius 2 is 2.44 bits per heavy atom. The van der Waals surface area contributed by atoms with E-state index in [1.807, 2.05) is 0 Å². The summed E-state index contributed by atoms with van der Waals surface area (Å²) in [5, 5.41) is 23.1. The number of imidazole rings is 1. The smallest absolute Gasteiger partial charge is 0.352 e. The van der Waals surface area contributed by atoms with Gasteiger partial charge in [-0.3, -0.25) is 14.8 Å². The predicted octanol–water partition coefficient (Wildman–Crippen LogP) is 0.354. The van der Waals surface area contributed by atoms with Gasteiger partial charge in [0.15, 0.2) is 0 Å². The second-order valence-electron chi connectivity index (χ2n) is 5.33. The van der Waals surface area contributed by atoms with Crippen LogP contribution in [0.4, 0.5) is 5.95 Å². The van der Waals surface area contributed by atoms with Gasteiger partial charge in [0.25, 0.3) is 5.91 Å². The maximum Gasteiger partial charge on any atom is 0.352 e. The minimum Gasteiger partial charge on any atom is -0.477 e. The van der Waals surface area contributed by atoms with Crippen molar-refractivity contribution < 1.29 is 14.7 Å². The minimum atomic E-state index is -1.09. The van der Waals surface area contributed by atoms with Crippen LogP contribution in [0.25, 0.3) is 0 Å². The van der Waals surface area contributed by atoms with Gasteiger partial charge in [-0.05, 0) is 5.57 Å². The molecule has 4 heterocycles. The van der Waals surface area contributed by atoms with Gasteiger partial charge in [0.1, 0.15) is 22.1 Å². The number of rotatable bonds is 6. The van der Waals surface area contributed by atoms with E-state index in [2.05, 4.69) is 30.7 Å². The average Bonchev–Trinajstić information content (AvgIpc) is 3.30. The Morgan fingerprint density at radius 1 is 1.56 bits per heavy atom. The normalized spacial score (nSPS) is 22.6. The van der Waals surface area contributed by atoms with Crippen molar-refractivity contribution in [3.63, 3.8) is 0 Å². The number of aliphatic carboxylic acids is 1. The Balaban J connectivity index is 1.52. The van der Waals surface area contributed by atoms with Gasteiger partial charge in [0.2, 0.25) is 5.95 Å². The highest BCUT2D eigenvalue weighted by molar-refractivity contribution is 8.01. The Bertz CT molecular complexity index is 821. The summed E-state index contributed by atoms with van der Waals surface area (Å²) in [6, 6.07) is -0.491. The molecule has 2 aliphatic rings. The molecule has 2 aromatic rings. The molecule has 1 saturated heterocycles. The van der Waals surface area contributed by atoms with Crippen molar-refractivity contribution in [2.45, 2.75) is 16.4 Å². The SMILES string of the molecule is O=C(O)C1=C(CSc2c[nH]nn2)CS[C@H]2C(Nc3ncc[nH]3)C(=O)N12. The van der Waals surface area contributed by atoms with E-state index in [9.17, 15) is 14.7 Å². The van der Waals surface area contributed by atoms with E-state index in [0.29, 0.717) is 28.1 Å². The Hall–Kier alpha value is -2.47. The van der Waals surface area contributed by atoms with Crippen LogP contribution in [0.2, 0.25) is 0 Å². The zero-order valence-electron chi connectivity index (χ0n) is 12.7. The molecule has 1 unspecified atom stereocenters. The molecule has 4 N–H and O–H groups in total. The molecule has 2 aromatic heterocycles. The first-order valence-electron chi connectivity index (χ1n) is 7.30. The molecule has 0 radical (unpaired) electrons. The van der Waals surface area contributed by atoms with Crippen LogP contribution in [-0.2, 0) is 9.59 Å². The Kier molecular flexibility index (Phi) is 4.13. The number of thioether (sulfide) groups is 2. The molecule has 1 amide bonds. The second kappa shape index (κ2) is 6.44. The Labute approximate surface area is 149 Å². The van der Waals surface area contributed by atoms with Crippen LogP contribution < -0.4 is 5.32 Å². The summed E-state index contributed by atoms with van der Waals surface area (Å²) in [5.41, 5.74) is 0.772. The van der Waals surface area contributed by atoms with Crippen LogP contribution in [0, 0.1) is 0 Å². The average molecular weight is 379 g/mol. The number of anilines is 1. The summed E-state index contributed by atoms with van der Waals surface area (Å²) < 4.78 is 0. The van der Waals surface area contributed by atoms with Crippen molar-refractivity contribution in [1.82, 2.24) is 30.3 Å². The Morgan fingerprint density at radius 3 is 3.12 bits per heavy atom. The van der Waals surface area contributed by atoms with Crippen molar-refractivity contribution in [2.75, 3.05) is 16.8 Å². The number of hydrogen-bond donors (Lipinski definition) is 4. The van der Waals surface area contributed by atoms with Crippen LogP contribution in [0.15, 0.2) is 34.9 Å². The number of carbonyl (C=O) groups excluding carboxylic acids is 1. The van der Waals surface area contributed by atoms with E-state index in [1.165, 1.54) is 28.4 Å². The standard InChI is InChI=1S/C13H13N7O3S2/c21-10-8(17-13-14-1-2-15-13)11-20(10)9(12(22)23)6(5-25-11)4-24-7-3-16-19-18-7/h1-3,8,11H,4-5H2,(H,22,23)(H2,14,15,17)(H,16,18,19)/t8?,11-/m0/s1. The molecule has 12 heteroatoms. The van der Waals surface area contributed by atoms with E-state index in [-0.39, 0.29) is 17.0 Å². The first-order chi connectivity index (χ1) is 12.1. The molecule has 0 bridgehead atoms. The lowest BCUT2D eigenvalue weighted by atomic mass is 10.0. The van der Waals surface area contributed by atoms with Crippen molar-refractivity contribution in [3.8, 4) is 0 Å². The van der Waals surface area contributed by atoms with Crippen LogP contribution in [-0.4, -0.2) is 70.2 Å². The number of fused-ring (bicyclic) bond motifs is 1. The van der Waals surface area contributed by atoms with Gasteiger partial charge in [-0.25, -0.2) is 9.78 Å². The van der Waals surface area contributed by atoms with E-state index in [4.69, 9.17) is 0 Å². The quantitative estimate of drug-likeness (QED) is 0.413. The van der Waals surface area contributed by atoms with E-state index < -0.39 is 12.0 Å². The first-order valence-corrected chi connectivity index (χ1v) is 9.33. The fourth-order valence-corrected chi connectivity index (χ4v) is 4.98. The maximum absolute atomic E-state index is 12.5. The van der Waals surface area contributed by atoms with Gasteiger partial charge in [0.05, 0.1) is 6.20 Å². The van der Waals surface area contributed by atoms with Gasteiger partial charge < -0.3 is 15.4 Å². The van der Waals surface area contributed by atoms with Crippen molar-refractivity contribution in [3.05, 3.63) is 29.9 Å². The van der Waals surface area contributed by atoms with Crippen molar-refractivity contribution in [1.29, 1.82) is 0 Å². The summed E-state index contributed by atoms with van der Waals surface area (Å²) in [5.74, 6) is 0.109. The van der Waals surface area contributed by atoms with Crippen LogP contribution in [0.5, 0.6) is 0 Å².